The number of benzene rings is 2. The Morgan fingerprint density at radius 1 is 1.10 bits per heavy atom. The maximum atomic E-state index is 13.4. The summed E-state index contributed by atoms with van der Waals surface area (Å²) in [4.78, 5) is 23.5. The van der Waals surface area contributed by atoms with Crippen LogP contribution in [0.4, 0.5) is 5.13 Å². The molecule has 0 unspecified atom stereocenters. The smallest absolute Gasteiger partial charge is 0.233 e. The molecular weight excluding hydrogens is 446 g/mol. The number of likely N-dealkylation sites (N-methyl/N-ethyl adjacent to an activating group) is 1. The number of fused-ring (bicyclic) bond motifs is 1. The monoisotopic (exact) mass is 475 g/mol. The van der Waals surface area contributed by atoms with Crippen molar-refractivity contribution in [3.05, 3.63) is 53.1 Å². The molecule has 0 aliphatic carbocycles. The lowest BCUT2D eigenvalue weighted by Gasteiger charge is -2.24. The highest BCUT2D eigenvalue weighted by Gasteiger charge is 2.21. The van der Waals surface area contributed by atoms with E-state index < -0.39 is 0 Å². The first kappa shape index (κ1) is 24.1. The van der Waals surface area contributed by atoms with Gasteiger partial charge < -0.3 is 4.90 Å². The van der Waals surface area contributed by atoms with E-state index in [1.165, 1.54) is 16.2 Å². The van der Waals surface area contributed by atoms with Crippen molar-refractivity contribution >= 4 is 56.0 Å². The molecule has 0 aliphatic rings. The van der Waals surface area contributed by atoms with Gasteiger partial charge in [0.15, 0.2) is 5.13 Å². The number of anilines is 1. The van der Waals surface area contributed by atoms with E-state index in [0.29, 0.717) is 23.2 Å². The SMILES string of the molecule is CCN(CC)CCN(C(=O)Cc1ccc(SC(C)C)cc1)c1nc2ccc(Cl)cc2s1. The summed E-state index contributed by atoms with van der Waals surface area (Å²) in [6.07, 6.45) is 0.363. The van der Waals surface area contributed by atoms with Crippen molar-refractivity contribution in [3.63, 3.8) is 0 Å². The number of thiazole rings is 1. The van der Waals surface area contributed by atoms with Crippen molar-refractivity contribution in [1.29, 1.82) is 0 Å². The van der Waals surface area contributed by atoms with Gasteiger partial charge in [0, 0.05) is 28.3 Å². The Labute approximate surface area is 198 Å². The Morgan fingerprint density at radius 2 is 1.81 bits per heavy atom. The van der Waals surface area contributed by atoms with Crippen LogP contribution in [-0.4, -0.2) is 47.2 Å². The number of hydrogen-bond acceptors (Lipinski definition) is 5. The van der Waals surface area contributed by atoms with E-state index in [-0.39, 0.29) is 5.91 Å². The molecule has 0 radical (unpaired) electrons. The molecule has 0 fully saturated rings. The van der Waals surface area contributed by atoms with Crippen LogP contribution in [0.2, 0.25) is 5.02 Å². The third-order valence-corrected chi connectivity index (χ3v) is 7.35. The second-order valence-electron chi connectivity index (χ2n) is 7.67. The van der Waals surface area contributed by atoms with Crippen LogP contribution in [0.3, 0.4) is 0 Å². The van der Waals surface area contributed by atoms with Crippen LogP contribution < -0.4 is 4.90 Å². The molecule has 3 aromatic rings. The van der Waals surface area contributed by atoms with Gasteiger partial charge in [-0.15, -0.1) is 11.8 Å². The van der Waals surface area contributed by atoms with Gasteiger partial charge in [-0.05, 0) is 49.0 Å². The van der Waals surface area contributed by atoms with Gasteiger partial charge in [0.2, 0.25) is 5.91 Å². The summed E-state index contributed by atoms with van der Waals surface area (Å²) in [5.74, 6) is 0.0709. The van der Waals surface area contributed by atoms with Gasteiger partial charge in [-0.3, -0.25) is 9.69 Å². The van der Waals surface area contributed by atoms with Gasteiger partial charge in [-0.2, -0.15) is 0 Å². The predicted octanol–water partition coefficient (Wildman–Crippen LogP) is 6.37. The number of amides is 1. The van der Waals surface area contributed by atoms with E-state index in [4.69, 9.17) is 16.6 Å². The van der Waals surface area contributed by atoms with Gasteiger partial charge in [-0.25, -0.2) is 4.98 Å². The van der Waals surface area contributed by atoms with Crippen LogP contribution in [0.15, 0.2) is 47.4 Å². The largest absolute Gasteiger partial charge is 0.302 e. The summed E-state index contributed by atoms with van der Waals surface area (Å²) >= 11 is 9.50. The highest BCUT2D eigenvalue weighted by atomic mass is 35.5. The maximum absolute atomic E-state index is 13.4. The summed E-state index contributed by atoms with van der Waals surface area (Å²) in [5.41, 5.74) is 1.90. The molecule has 3 rings (SSSR count). The number of nitrogens with zero attached hydrogens (tertiary/aromatic N) is 3. The molecule has 0 atom stereocenters. The number of aromatic nitrogens is 1. The highest BCUT2D eigenvalue weighted by molar-refractivity contribution is 7.99. The first-order chi connectivity index (χ1) is 14.9. The second kappa shape index (κ2) is 11.3. The predicted molar refractivity (Wildman–Crippen MR) is 136 cm³/mol. The Hall–Kier alpha value is -1.60. The summed E-state index contributed by atoms with van der Waals surface area (Å²) in [6, 6.07) is 14.0. The number of carbonyl (C=O) groups is 1. The minimum atomic E-state index is 0.0709. The van der Waals surface area contributed by atoms with Gasteiger partial charge in [0.1, 0.15) is 0 Å². The first-order valence-electron chi connectivity index (χ1n) is 10.7. The fourth-order valence-corrected chi connectivity index (χ4v) is 5.46. The number of hydrogen-bond donors (Lipinski definition) is 0. The first-order valence-corrected chi connectivity index (χ1v) is 12.8. The second-order valence-corrected chi connectivity index (χ2v) is 10.8. The van der Waals surface area contributed by atoms with Gasteiger partial charge in [0.05, 0.1) is 16.6 Å². The van der Waals surface area contributed by atoms with E-state index >= 15 is 0 Å². The average Bonchev–Trinajstić information content (AvgIpc) is 3.15. The molecule has 0 spiro atoms. The molecule has 31 heavy (non-hydrogen) atoms. The van der Waals surface area contributed by atoms with Gasteiger partial charge in [0.25, 0.3) is 0 Å². The Morgan fingerprint density at radius 3 is 2.45 bits per heavy atom. The molecule has 0 N–H and O–H groups in total. The molecule has 0 bridgehead atoms. The van der Waals surface area contributed by atoms with Crippen LogP contribution in [0, 0.1) is 0 Å². The van der Waals surface area contributed by atoms with Crippen molar-refractivity contribution in [2.24, 2.45) is 0 Å². The van der Waals surface area contributed by atoms with Crippen molar-refractivity contribution in [2.45, 2.75) is 44.3 Å². The third kappa shape index (κ3) is 6.69. The quantitative estimate of drug-likeness (QED) is 0.319. The molecule has 0 aliphatic heterocycles. The maximum Gasteiger partial charge on any atom is 0.233 e. The minimum absolute atomic E-state index is 0.0709. The summed E-state index contributed by atoms with van der Waals surface area (Å²) in [5, 5.41) is 1.96. The van der Waals surface area contributed by atoms with E-state index in [1.54, 1.807) is 0 Å². The van der Waals surface area contributed by atoms with Crippen molar-refractivity contribution in [3.8, 4) is 0 Å². The molecule has 0 saturated heterocycles. The van der Waals surface area contributed by atoms with Gasteiger partial charge >= 0.3 is 0 Å². The Bertz CT molecular complexity index is 1000. The highest BCUT2D eigenvalue weighted by Crippen LogP contribution is 2.31. The number of halogens is 1. The minimum Gasteiger partial charge on any atom is -0.302 e. The zero-order valence-corrected chi connectivity index (χ0v) is 21.0. The lowest BCUT2D eigenvalue weighted by Crippen LogP contribution is -2.39. The molecule has 4 nitrogen and oxygen atoms in total. The summed E-state index contributed by atoms with van der Waals surface area (Å²) in [6.45, 7) is 12.0. The van der Waals surface area contributed by atoms with E-state index in [0.717, 1.165) is 40.5 Å². The molecule has 1 aromatic heterocycles. The standard InChI is InChI=1S/C24H30ClN3OS2/c1-5-27(6-2)13-14-28(24-26-21-12-9-19(25)16-22(21)31-24)23(29)15-18-7-10-20(11-8-18)30-17(3)4/h7-12,16-17H,5-6,13-15H2,1-4H3. The fraction of sp³-hybridized carbons (Fsp3) is 0.417. The van der Waals surface area contributed by atoms with Crippen LogP contribution in [0.5, 0.6) is 0 Å². The van der Waals surface area contributed by atoms with Crippen LogP contribution >= 0.6 is 34.7 Å². The normalized spacial score (nSPS) is 11.6. The third-order valence-electron chi connectivity index (χ3n) is 5.06. The Balaban J connectivity index is 1.81. The fourth-order valence-electron chi connectivity index (χ4n) is 3.34. The zero-order chi connectivity index (χ0) is 22.4. The van der Waals surface area contributed by atoms with Gasteiger partial charge in [-0.1, -0.05) is 62.8 Å². The molecule has 0 saturated carbocycles. The molecule has 2 aromatic carbocycles. The lowest BCUT2D eigenvalue weighted by molar-refractivity contribution is -0.118. The Kier molecular flexibility index (Phi) is 8.78. The van der Waals surface area contributed by atoms with E-state index in [2.05, 4.69) is 56.9 Å². The summed E-state index contributed by atoms with van der Waals surface area (Å²) in [7, 11) is 0. The lowest BCUT2D eigenvalue weighted by atomic mass is 10.1. The van der Waals surface area contributed by atoms with Crippen LogP contribution in [-0.2, 0) is 11.2 Å². The molecule has 7 heteroatoms. The molecular formula is C24H30ClN3OS2. The van der Waals surface area contributed by atoms with E-state index in [1.807, 2.05) is 34.9 Å². The summed E-state index contributed by atoms with van der Waals surface area (Å²) < 4.78 is 0.998. The van der Waals surface area contributed by atoms with Crippen molar-refractivity contribution in [2.75, 3.05) is 31.1 Å². The topological polar surface area (TPSA) is 36.4 Å². The average molecular weight is 476 g/mol. The molecule has 166 valence electrons. The number of rotatable bonds is 10. The number of thioether (sulfide) groups is 1. The van der Waals surface area contributed by atoms with Crippen molar-refractivity contribution < 1.29 is 4.79 Å². The van der Waals surface area contributed by atoms with Crippen LogP contribution in [0.25, 0.3) is 10.2 Å². The zero-order valence-electron chi connectivity index (χ0n) is 18.6. The van der Waals surface area contributed by atoms with Crippen molar-refractivity contribution in [1.82, 2.24) is 9.88 Å². The van der Waals surface area contributed by atoms with E-state index in [9.17, 15) is 4.79 Å². The number of carbonyl (C=O) groups excluding carboxylic acids is 1. The molecule has 1 heterocycles. The van der Waals surface area contributed by atoms with Crippen LogP contribution in [0.1, 0.15) is 33.3 Å². The molecule has 1 amide bonds.